The Bertz CT molecular complexity index is 954. The third-order valence-electron chi connectivity index (χ3n) is 3.43. The Kier molecular flexibility index (Phi) is 4.50. The normalized spacial score (nSPS) is 11.2. The number of aromatic nitrogens is 2. The van der Waals surface area contributed by atoms with E-state index in [0.717, 1.165) is 16.0 Å². The minimum absolute atomic E-state index is 0.0944. The van der Waals surface area contributed by atoms with Gasteiger partial charge >= 0.3 is 0 Å². The van der Waals surface area contributed by atoms with E-state index >= 15 is 0 Å². The zero-order valence-corrected chi connectivity index (χ0v) is 14.7. The topological polar surface area (TPSA) is 81.2 Å². The molecule has 2 aromatic heterocycles. The number of benzene rings is 1. The fourth-order valence-corrected chi connectivity index (χ4v) is 3.84. The Balaban J connectivity index is 1.96. The zero-order chi connectivity index (χ0) is 17.2. The first kappa shape index (κ1) is 16.4. The van der Waals surface area contributed by atoms with Crippen LogP contribution in [0.1, 0.15) is 5.56 Å². The lowest BCUT2D eigenvalue weighted by Gasteiger charge is -2.12. The van der Waals surface area contributed by atoms with Gasteiger partial charge in [0.05, 0.1) is 22.6 Å². The van der Waals surface area contributed by atoms with Crippen molar-refractivity contribution in [3.05, 3.63) is 54.4 Å². The number of methoxy groups -OCH3 is 1. The van der Waals surface area contributed by atoms with Crippen molar-refractivity contribution in [1.29, 1.82) is 0 Å². The molecule has 0 spiro atoms. The molecule has 0 amide bonds. The summed E-state index contributed by atoms with van der Waals surface area (Å²) in [5.74, 6) is 0.244. The molecular weight excluding hydrogens is 346 g/mol. The van der Waals surface area contributed by atoms with Gasteiger partial charge < -0.3 is 4.74 Å². The Labute approximate surface area is 144 Å². The summed E-state index contributed by atoms with van der Waals surface area (Å²) in [6.45, 7) is 1.85. The molecule has 6 nitrogen and oxygen atoms in total. The summed E-state index contributed by atoms with van der Waals surface area (Å²) in [7, 11) is -2.30. The van der Waals surface area contributed by atoms with Crippen LogP contribution in [0.4, 0.5) is 5.69 Å². The smallest absolute Gasteiger partial charge is 0.262 e. The van der Waals surface area contributed by atoms with Crippen molar-refractivity contribution in [3.8, 4) is 16.3 Å². The molecule has 1 aromatic carbocycles. The number of sulfonamides is 1. The number of nitrogens with zero attached hydrogens (tertiary/aromatic N) is 2. The van der Waals surface area contributed by atoms with E-state index in [-0.39, 0.29) is 10.8 Å². The maximum Gasteiger partial charge on any atom is 0.262 e. The molecule has 8 heteroatoms. The minimum atomic E-state index is -3.74. The second-order valence-corrected chi connectivity index (χ2v) is 7.56. The molecule has 0 aliphatic carbocycles. The highest BCUT2D eigenvalue weighted by Crippen LogP contribution is 2.29. The summed E-state index contributed by atoms with van der Waals surface area (Å²) in [6.07, 6.45) is 3.11. The summed E-state index contributed by atoms with van der Waals surface area (Å²) in [5.41, 5.74) is 2.26. The van der Waals surface area contributed by atoms with Crippen LogP contribution in [-0.2, 0) is 10.0 Å². The first-order valence-electron chi connectivity index (χ1n) is 7.04. The van der Waals surface area contributed by atoms with Gasteiger partial charge in [0.2, 0.25) is 5.88 Å². The van der Waals surface area contributed by atoms with Gasteiger partial charge in [0, 0.05) is 18.5 Å². The molecule has 0 aliphatic rings. The van der Waals surface area contributed by atoms with Gasteiger partial charge in [-0.05, 0) is 47.8 Å². The zero-order valence-electron chi connectivity index (χ0n) is 13.1. The number of nitrogens with one attached hydrogen (secondary N) is 1. The standard InChI is InChI=1S/C16H15N3O3S2/c1-11-3-4-12(15-6-8-18-23-15)9-14(11)19-24(20,21)13-5-7-17-16(10-13)22-2/h3-10,19H,1-2H3. The summed E-state index contributed by atoms with van der Waals surface area (Å²) in [5, 5.41) is 0. The number of hydrogen-bond acceptors (Lipinski definition) is 6. The van der Waals surface area contributed by atoms with Crippen LogP contribution in [0.5, 0.6) is 5.88 Å². The fraction of sp³-hybridized carbons (Fsp3) is 0.125. The quantitative estimate of drug-likeness (QED) is 0.754. The number of rotatable bonds is 5. The predicted molar refractivity (Wildman–Crippen MR) is 93.9 cm³/mol. The molecule has 0 bridgehead atoms. The van der Waals surface area contributed by atoms with E-state index in [2.05, 4.69) is 14.1 Å². The average Bonchev–Trinajstić information content (AvgIpc) is 3.11. The van der Waals surface area contributed by atoms with Crippen LogP contribution in [-0.4, -0.2) is 24.9 Å². The van der Waals surface area contributed by atoms with E-state index in [9.17, 15) is 8.42 Å². The van der Waals surface area contributed by atoms with Crippen molar-refractivity contribution in [2.45, 2.75) is 11.8 Å². The highest BCUT2D eigenvalue weighted by molar-refractivity contribution is 7.92. The van der Waals surface area contributed by atoms with Crippen LogP contribution < -0.4 is 9.46 Å². The Hall–Kier alpha value is -2.45. The molecule has 124 valence electrons. The van der Waals surface area contributed by atoms with Crippen LogP contribution in [0.15, 0.2) is 53.7 Å². The number of ether oxygens (including phenoxy) is 1. The molecule has 2 heterocycles. The highest BCUT2D eigenvalue weighted by Gasteiger charge is 2.17. The van der Waals surface area contributed by atoms with Crippen molar-refractivity contribution in [2.24, 2.45) is 0 Å². The molecule has 0 saturated carbocycles. The van der Waals surface area contributed by atoms with Gasteiger partial charge in [-0.1, -0.05) is 12.1 Å². The predicted octanol–water partition coefficient (Wildman–Crippen LogP) is 3.32. The summed E-state index contributed by atoms with van der Waals surface area (Å²) in [4.78, 5) is 4.99. The van der Waals surface area contributed by atoms with E-state index in [1.54, 1.807) is 12.3 Å². The summed E-state index contributed by atoms with van der Waals surface area (Å²) >= 11 is 1.36. The van der Waals surface area contributed by atoms with Gasteiger partial charge in [0.1, 0.15) is 0 Å². The molecule has 3 rings (SSSR count). The van der Waals surface area contributed by atoms with E-state index in [0.29, 0.717) is 5.69 Å². The van der Waals surface area contributed by atoms with Crippen molar-refractivity contribution in [1.82, 2.24) is 9.36 Å². The summed E-state index contributed by atoms with van der Waals surface area (Å²) < 4.78 is 36.9. The lowest BCUT2D eigenvalue weighted by Crippen LogP contribution is -2.14. The molecule has 24 heavy (non-hydrogen) atoms. The van der Waals surface area contributed by atoms with Crippen LogP contribution in [0.2, 0.25) is 0 Å². The van der Waals surface area contributed by atoms with Crippen molar-refractivity contribution >= 4 is 27.2 Å². The Morgan fingerprint density at radius 2 is 1.96 bits per heavy atom. The lowest BCUT2D eigenvalue weighted by atomic mass is 10.1. The summed E-state index contributed by atoms with van der Waals surface area (Å²) in [6, 6.07) is 10.3. The first-order valence-corrected chi connectivity index (χ1v) is 9.30. The van der Waals surface area contributed by atoms with Crippen LogP contribution in [0.3, 0.4) is 0 Å². The second kappa shape index (κ2) is 6.58. The van der Waals surface area contributed by atoms with Gasteiger partial charge in [0.15, 0.2) is 0 Å². The molecule has 0 fully saturated rings. The average molecular weight is 361 g/mol. The van der Waals surface area contributed by atoms with Gasteiger partial charge in [-0.25, -0.2) is 17.8 Å². The lowest BCUT2D eigenvalue weighted by molar-refractivity contribution is 0.396. The van der Waals surface area contributed by atoms with Gasteiger partial charge in [-0.2, -0.15) is 0 Å². The van der Waals surface area contributed by atoms with Crippen molar-refractivity contribution in [2.75, 3.05) is 11.8 Å². The van der Waals surface area contributed by atoms with E-state index < -0.39 is 10.0 Å². The van der Waals surface area contributed by atoms with Crippen LogP contribution in [0.25, 0.3) is 10.4 Å². The van der Waals surface area contributed by atoms with Crippen LogP contribution in [0, 0.1) is 6.92 Å². The maximum atomic E-state index is 12.6. The van der Waals surface area contributed by atoms with E-state index in [4.69, 9.17) is 4.74 Å². The Morgan fingerprint density at radius 1 is 1.12 bits per heavy atom. The number of aryl methyl sites for hydroxylation is 1. The molecule has 1 N–H and O–H groups in total. The van der Waals surface area contributed by atoms with Crippen molar-refractivity contribution in [3.63, 3.8) is 0 Å². The highest BCUT2D eigenvalue weighted by atomic mass is 32.2. The first-order chi connectivity index (χ1) is 11.5. The maximum absolute atomic E-state index is 12.6. The minimum Gasteiger partial charge on any atom is -0.481 e. The van der Waals surface area contributed by atoms with Gasteiger partial charge in [-0.15, -0.1) is 0 Å². The van der Waals surface area contributed by atoms with Gasteiger partial charge in [0.25, 0.3) is 10.0 Å². The van der Waals surface area contributed by atoms with Crippen LogP contribution >= 0.6 is 11.5 Å². The molecule has 0 radical (unpaired) electrons. The van der Waals surface area contributed by atoms with Crippen molar-refractivity contribution < 1.29 is 13.2 Å². The SMILES string of the molecule is COc1cc(S(=O)(=O)Nc2cc(-c3ccns3)ccc2C)ccn1. The molecule has 0 atom stereocenters. The third kappa shape index (κ3) is 3.39. The van der Waals surface area contributed by atoms with E-state index in [1.807, 2.05) is 25.1 Å². The Morgan fingerprint density at radius 3 is 2.67 bits per heavy atom. The number of hydrogen-bond donors (Lipinski definition) is 1. The van der Waals surface area contributed by atoms with Gasteiger partial charge in [-0.3, -0.25) is 4.72 Å². The molecular formula is C16H15N3O3S2. The number of anilines is 1. The number of pyridine rings is 1. The molecule has 0 aliphatic heterocycles. The largest absolute Gasteiger partial charge is 0.481 e. The second-order valence-electron chi connectivity index (χ2n) is 5.05. The van der Waals surface area contributed by atoms with E-state index in [1.165, 1.54) is 37.0 Å². The third-order valence-corrected chi connectivity index (χ3v) is 5.59. The fourth-order valence-electron chi connectivity index (χ4n) is 2.12. The molecule has 3 aromatic rings. The monoisotopic (exact) mass is 361 g/mol. The molecule has 0 saturated heterocycles. The molecule has 0 unspecified atom stereocenters.